The van der Waals surface area contributed by atoms with E-state index in [1.165, 1.54) is 18.4 Å². The van der Waals surface area contributed by atoms with Crippen LogP contribution < -0.4 is 10.5 Å². The van der Waals surface area contributed by atoms with Gasteiger partial charge in [0.1, 0.15) is 11.6 Å². The zero-order chi connectivity index (χ0) is 14.3. The van der Waals surface area contributed by atoms with E-state index in [2.05, 4.69) is 29.9 Å². The minimum absolute atomic E-state index is 0.366. The van der Waals surface area contributed by atoms with Gasteiger partial charge in [0.25, 0.3) is 0 Å². The summed E-state index contributed by atoms with van der Waals surface area (Å²) in [5.41, 5.74) is 9.22. The monoisotopic (exact) mass is 271 g/mol. The lowest BCUT2D eigenvalue weighted by atomic mass is 9.97. The van der Waals surface area contributed by atoms with Crippen molar-refractivity contribution in [2.45, 2.75) is 32.2 Å². The highest BCUT2D eigenvalue weighted by Gasteiger charge is 2.41. The number of ether oxygens (including phenoxy) is 1. The Kier molecular flexibility index (Phi) is 3.05. The molecule has 106 valence electrons. The van der Waals surface area contributed by atoms with Crippen molar-refractivity contribution < 1.29 is 4.74 Å². The largest absolute Gasteiger partial charge is 0.496 e. The molecule has 2 aromatic rings. The summed E-state index contributed by atoms with van der Waals surface area (Å²) in [7, 11) is 1.68. The number of nitrogens with zero attached hydrogens (tertiary/aromatic N) is 1. The Morgan fingerprint density at radius 3 is 2.80 bits per heavy atom. The first kappa shape index (κ1) is 13.2. The molecule has 1 atom stereocenters. The lowest BCUT2D eigenvalue weighted by molar-refractivity contribution is 0.404. The Balaban J connectivity index is 2.00. The quantitative estimate of drug-likeness (QED) is 0.898. The second-order valence-electron chi connectivity index (χ2n) is 5.91. The van der Waals surface area contributed by atoms with Crippen LogP contribution in [-0.2, 0) is 5.54 Å². The highest BCUT2D eigenvalue weighted by atomic mass is 16.5. The molecule has 4 heteroatoms. The maximum Gasteiger partial charge on any atom is 0.128 e. The van der Waals surface area contributed by atoms with Gasteiger partial charge >= 0.3 is 0 Å². The minimum atomic E-state index is -0.366. The Morgan fingerprint density at radius 1 is 1.40 bits per heavy atom. The summed E-state index contributed by atoms with van der Waals surface area (Å²) in [4.78, 5) is 7.87. The molecule has 1 unspecified atom stereocenters. The summed E-state index contributed by atoms with van der Waals surface area (Å²) in [6.07, 6.45) is 4.23. The molecule has 0 spiro atoms. The average molecular weight is 271 g/mol. The second kappa shape index (κ2) is 4.63. The summed E-state index contributed by atoms with van der Waals surface area (Å²) < 4.78 is 5.43. The van der Waals surface area contributed by atoms with Crippen LogP contribution in [0.3, 0.4) is 0 Å². The van der Waals surface area contributed by atoms with Crippen LogP contribution in [0.4, 0.5) is 0 Å². The smallest absolute Gasteiger partial charge is 0.128 e. The molecule has 1 heterocycles. The lowest BCUT2D eigenvalue weighted by Crippen LogP contribution is -2.36. The Hall–Kier alpha value is -1.81. The predicted molar refractivity (Wildman–Crippen MR) is 79.6 cm³/mol. The van der Waals surface area contributed by atoms with Crippen molar-refractivity contribution in [1.82, 2.24) is 9.97 Å². The van der Waals surface area contributed by atoms with Gasteiger partial charge in [-0.15, -0.1) is 0 Å². The maximum atomic E-state index is 6.41. The van der Waals surface area contributed by atoms with E-state index in [-0.39, 0.29) is 5.54 Å². The predicted octanol–water partition coefficient (Wildman–Crippen LogP) is 2.98. The van der Waals surface area contributed by atoms with Gasteiger partial charge in [-0.25, -0.2) is 4.98 Å². The topological polar surface area (TPSA) is 63.9 Å². The molecule has 1 saturated carbocycles. The normalized spacial score (nSPS) is 17.8. The molecule has 4 nitrogen and oxygen atoms in total. The Bertz CT molecular complexity index is 626. The number of nitrogens with two attached hydrogens (primary N) is 1. The molecule has 1 aromatic carbocycles. The molecule has 0 radical (unpaired) electrons. The van der Waals surface area contributed by atoms with Crippen LogP contribution in [0.2, 0.25) is 0 Å². The third kappa shape index (κ3) is 2.20. The van der Waals surface area contributed by atoms with Gasteiger partial charge in [-0.3, -0.25) is 0 Å². The number of aryl methyl sites for hydroxylation is 1. The van der Waals surface area contributed by atoms with Gasteiger partial charge < -0.3 is 15.5 Å². The minimum Gasteiger partial charge on any atom is -0.496 e. The molecule has 0 saturated heterocycles. The number of methoxy groups -OCH3 is 1. The van der Waals surface area contributed by atoms with Gasteiger partial charge in [0, 0.05) is 5.56 Å². The van der Waals surface area contributed by atoms with Crippen LogP contribution in [-0.4, -0.2) is 17.1 Å². The second-order valence-corrected chi connectivity index (χ2v) is 5.91. The van der Waals surface area contributed by atoms with E-state index in [9.17, 15) is 0 Å². The zero-order valence-electron chi connectivity index (χ0n) is 12.2. The fourth-order valence-electron chi connectivity index (χ4n) is 2.64. The van der Waals surface area contributed by atoms with Gasteiger partial charge in [0.2, 0.25) is 0 Å². The van der Waals surface area contributed by atoms with Crippen molar-refractivity contribution in [3.05, 3.63) is 35.8 Å². The average Bonchev–Trinajstić information content (AvgIpc) is 3.17. The van der Waals surface area contributed by atoms with Crippen LogP contribution in [0.5, 0.6) is 5.75 Å². The molecule has 3 N–H and O–H groups in total. The maximum absolute atomic E-state index is 6.41. The molecule has 0 bridgehead atoms. The van der Waals surface area contributed by atoms with Gasteiger partial charge in [0.05, 0.1) is 24.5 Å². The molecule has 1 aliphatic carbocycles. The summed E-state index contributed by atoms with van der Waals surface area (Å²) in [5.74, 6) is 2.25. The van der Waals surface area contributed by atoms with E-state index >= 15 is 0 Å². The number of nitrogens with one attached hydrogen (secondary N) is 1. The van der Waals surface area contributed by atoms with Crippen molar-refractivity contribution in [2.24, 2.45) is 11.7 Å². The first-order valence-corrected chi connectivity index (χ1v) is 7.01. The molecule has 20 heavy (non-hydrogen) atoms. The van der Waals surface area contributed by atoms with E-state index in [1.54, 1.807) is 7.11 Å². The van der Waals surface area contributed by atoms with Crippen molar-refractivity contribution in [3.8, 4) is 17.0 Å². The SMILES string of the molecule is COc1ccc(C)cc1-c1cnc(C(C)(N)C2CC2)[nH]1. The highest BCUT2D eigenvalue weighted by Crippen LogP contribution is 2.43. The van der Waals surface area contributed by atoms with Crippen LogP contribution in [0.1, 0.15) is 31.2 Å². The van der Waals surface area contributed by atoms with E-state index in [1.807, 2.05) is 18.3 Å². The fourth-order valence-corrected chi connectivity index (χ4v) is 2.64. The number of hydrogen-bond acceptors (Lipinski definition) is 3. The summed E-state index contributed by atoms with van der Waals surface area (Å²) in [5, 5.41) is 0. The lowest BCUT2D eigenvalue weighted by Gasteiger charge is -2.21. The molecule has 1 aliphatic rings. The zero-order valence-corrected chi connectivity index (χ0v) is 12.2. The standard InChI is InChI=1S/C16H21N3O/c1-10-4-7-14(20-3)12(8-10)13-9-18-15(19-13)16(2,17)11-5-6-11/h4,7-9,11H,5-6,17H2,1-3H3,(H,18,19). The van der Waals surface area contributed by atoms with Gasteiger partial charge in [0.15, 0.2) is 0 Å². The van der Waals surface area contributed by atoms with Gasteiger partial charge in [-0.2, -0.15) is 0 Å². The third-order valence-corrected chi connectivity index (χ3v) is 4.16. The van der Waals surface area contributed by atoms with Crippen molar-refractivity contribution in [2.75, 3.05) is 7.11 Å². The first-order valence-electron chi connectivity index (χ1n) is 7.01. The van der Waals surface area contributed by atoms with Gasteiger partial charge in [-0.05, 0) is 44.7 Å². The number of hydrogen-bond donors (Lipinski definition) is 2. The summed E-state index contributed by atoms with van der Waals surface area (Å²) in [6, 6.07) is 6.12. The number of imidazole rings is 1. The Morgan fingerprint density at radius 2 is 2.15 bits per heavy atom. The van der Waals surface area contributed by atoms with E-state index in [0.29, 0.717) is 5.92 Å². The first-order chi connectivity index (χ1) is 9.52. The molecule has 3 rings (SSSR count). The van der Waals surface area contributed by atoms with E-state index in [4.69, 9.17) is 10.5 Å². The van der Waals surface area contributed by atoms with E-state index < -0.39 is 0 Å². The number of rotatable bonds is 4. The number of aromatic amines is 1. The molecule has 0 aliphatic heterocycles. The van der Waals surface area contributed by atoms with Crippen LogP contribution in [0.15, 0.2) is 24.4 Å². The fraction of sp³-hybridized carbons (Fsp3) is 0.438. The summed E-state index contributed by atoms with van der Waals surface area (Å²) in [6.45, 7) is 4.12. The number of aromatic nitrogens is 2. The number of H-pyrrole nitrogens is 1. The van der Waals surface area contributed by atoms with Crippen molar-refractivity contribution in [1.29, 1.82) is 0 Å². The van der Waals surface area contributed by atoms with E-state index in [0.717, 1.165) is 22.8 Å². The molecular weight excluding hydrogens is 250 g/mol. The Labute approximate surface area is 119 Å². The van der Waals surface area contributed by atoms with Crippen molar-refractivity contribution >= 4 is 0 Å². The molecule has 0 amide bonds. The molecular formula is C16H21N3O. The third-order valence-electron chi connectivity index (χ3n) is 4.16. The van der Waals surface area contributed by atoms with Crippen molar-refractivity contribution in [3.63, 3.8) is 0 Å². The molecule has 1 aromatic heterocycles. The summed E-state index contributed by atoms with van der Waals surface area (Å²) >= 11 is 0. The number of benzene rings is 1. The van der Waals surface area contributed by atoms with Crippen LogP contribution >= 0.6 is 0 Å². The van der Waals surface area contributed by atoms with Crippen LogP contribution in [0.25, 0.3) is 11.3 Å². The van der Waals surface area contributed by atoms with Gasteiger partial charge in [-0.1, -0.05) is 11.6 Å². The molecule has 1 fully saturated rings. The van der Waals surface area contributed by atoms with Crippen LogP contribution in [0, 0.1) is 12.8 Å². The highest BCUT2D eigenvalue weighted by molar-refractivity contribution is 5.67.